The SMILES string of the molecule is CCc1cccc2c(/C=C3/C(=O)N(CC)C(=S)N3C)cn(CC(=O)NC[C@@H]3CCCO3)c12. The van der Waals surface area contributed by atoms with Gasteiger partial charge < -0.3 is 19.5 Å². The summed E-state index contributed by atoms with van der Waals surface area (Å²) in [6.45, 7) is 6.08. The molecule has 0 spiro atoms. The fraction of sp³-hybridized carbons (Fsp3) is 0.458. The third-order valence-corrected chi connectivity index (χ3v) is 6.70. The fourth-order valence-corrected chi connectivity index (χ4v) is 4.78. The molecule has 1 aromatic heterocycles. The number of fused-ring (bicyclic) bond motifs is 1. The van der Waals surface area contributed by atoms with Crippen LogP contribution in [-0.4, -0.2) is 64.1 Å². The van der Waals surface area contributed by atoms with Gasteiger partial charge in [-0.25, -0.2) is 0 Å². The molecule has 1 atom stereocenters. The number of carbonyl (C=O) groups is 2. The second-order valence-corrected chi connectivity index (χ2v) is 8.60. The van der Waals surface area contributed by atoms with Crippen molar-refractivity contribution in [3.8, 4) is 0 Å². The minimum absolute atomic E-state index is 0.0464. The van der Waals surface area contributed by atoms with E-state index < -0.39 is 0 Å². The number of para-hydroxylation sites is 1. The number of likely N-dealkylation sites (N-methyl/N-ethyl adjacent to an activating group) is 2. The van der Waals surface area contributed by atoms with Crippen molar-refractivity contribution in [3.05, 3.63) is 41.2 Å². The lowest BCUT2D eigenvalue weighted by Gasteiger charge is -2.13. The van der Waals surface area contributed by atoms with Crippen molar-refractivity contribution in [2.24, 2.45) is 0 Å². The van der Waals surface area contributed by atoms with Gasteiger partial charge in [-0.2, -0.15) is 0 Å². The number of ether oxygens (including phenoxy) is 1. The molecule has 0 unspecified atom stereocenters. The molecule has 32 heavy (non-hydrogen) atoms. The summed E-state index contributed by atoms with van der Waals surface area (Å²) in [7, 11) is 1.82. The van der Waals surface area contributed by atoms with E-state index in [2.05, 4.69) is 18.3 Å². The summed E-state index contributed by atoms with van der Waals surface area (Å²) >= 11 is 5.43. The summed E-state index contributed by atoms with van der Waals surface area (Å²) in [4.78, 5) is 28.9. The standard InChI is InChI=1S/C24H30N4O3S/c1-4-16-8-6-10-19-17(12-20-23(30)28(5-2)24(32)26(20)3)14-27(22(16)19)15-21(29)25-13-18-9-7-11-31-18/h6,8,10,12,14,18H,4-5,7,9,11,13,15H2,1-3H3,(H,25,29)/b20-12-/t18-/m0/s1. The predicted octanol–water partition coefficient (Wildman–Crippen LogP) is 2.92. The third kappa shape index (κ3) is 4.17. The van der Waals surface area contributed by atoms with Crippen molar-refractivity contribution in [3.63, 3.8) is 0 Å². The molecule has 2 aliphatic rings. The van der Waals surface area contributed by atoms with E-state index in [4.69, 9.17) is 17.0 Å². The number of aryl methyl sites for hydroxylation is 1. The van der Waals surface area contributed by atoms with Crippen LogP contribution < -0.4 is 5.32 Å². The van der Waals surface area contributed by atoms with Gasteiger partial charge >= 0.3 is 0 Å². The van der Waals surface area contributed by atoms with Gasteiger partial charge in [0.15, 0.2) is 5.11 Å². The van der Waals surface area contributed by atoms with Crippen molar-refractivity contribution in [2.75, 3.05) is 26.7 Å². The number of rotatable bonds is 7. The Kier molecular flexibility index (Phi) is 6.62. The molecule has 0 bridgehead atoms. The van der Waals surface area contributed by atoms with Crippen molar-refractivity contribution in [2.45, 2.75) is 45.8 Å². The van der Waals surface area contributed by atoms with E-state index in [0.717, 1.165) is 47.9 Å². The van der Waals surface area contributed by atoms with Crippen molar-refractivity contribution in [1.82, 2.24) is 19.7 Å². The van der Waals surface area contributed by atoms with Crippen LogP contribution in [0.2, 0.25) is 0 Å². The Balaban J connectivity index is 1.66. The number of hydrogen-bond donors (Lipinski definition) is 1. The summed E-state index contributed by atoms with van der Waals surface area (Å²) in [5, 5.41) is 4.53. The molecule has 2 amide bonds. The Morgan fingerprint density at radius 2 is 2.16 bits per heavy atom. The minimum atomic E-state index is -0.0955. The van der Waals surface area contributed by atoms with Crippen molar-refractivity contribution in [1.29, 1.82) is 0 Å². The van der Waals surface area contributed by atoms with E-state index in [9.17, 15) is 9.59 Å². The van der Waals surface area contributed by atoms with Crippen LogP contribution in [0.5, 0.6) is 0 Å². The number of thiocarbonyl (C=S) groups is 1. The van der Waals surface area contributed by atoms with Gasteiger partial charge in [-0.15, -0.1) is 0 Å². The Hall–Kier alpha value is -2.71. The van der Waals surface area contributed by atoms with E-state index >= 15 is 0 Å². The van der Waals surface area contributed by atoms with Gasteiger partial charge in [0.1, 0.15) is 12.2 Å². The van der Waals surface area contributed by atoms with Gasteiger partial charge in [0, 0.05) is 43.9 Å². The molecule has 7 nitrogen and oxygen atoms in total. The molecule has 0 saturated carbocycles. The molecule has 8 heteroatoms. The molecule has 3 heterocycles. The average Bonchev–Trinajstić information content (AvgIpc) is 3.48. The first-order valence-electron chi connectivity index (χ1n) is 11.2. The van der Waals surface area contributed by atoms with Gasteiger partial charge in [-0.3, -0.25) is 14.5 Å². The number of carbonyl (C=O) groups excluding carboxylic acids is 2. The molecule has 1 aromatic carbocycles. The first-order chi connectivity index (χ1) is 15.4. The van der Waals surface area contributed by atoms with Crippen LogP contribution in [-0.2, 0) is 27.3 Å². The zero-order valence-electron chi connectivity index (χ0n) is 18.9. The molecular weight excluding hydrogens is 424 g/mol. The molecule has 2 saturated heterocycles. The number of aromatic nitrogens is 1. The second kappa shape index (κ2) is 9.42. The monoisotopic (exact) mass is 454 g/mol. The van der Waals surface area contributed by atoms with Gasteiger partial charge in [0.25, 0.3) is 5.91 Å². The van der Waals surface area contributed by atoms with Crippen LogP contribution >= 0.6 is 12.2 Å². The summed E-state index contributed by atoms with van der Waals surface area (Å²) in [6.07, 6.45) is 6.84. The lowest BCUT2D eigenvalue weighted by molar-refractivity contribution is -0.123. The van der Waals surface area contributed by atoms with Crippen LogP contribution in [0, 0.1) is 0 Å². The number of nitrogens with one attached hydrogen (secondary N) is 1. The molecule has 1 N–H and O–H groups in total. The molecule has 2 fully saturated rings. The fourth-order valence-electron chi connectivity index (χ4n) is 4.47. The molecule has 0 radical (unpaired) electrons. The topological polar surface area (TPSA) is 66.8 Å². The van der Waals surface area contributed by atoms with Gasteiger partial charge in [-0.1, -0.05) is 25.1 Å². The number of benzene rings is 1. The highest BCUT2D eigenvalue weighted by atomic mass is 32.1. The summed E-state index contributed by atoms with van der Waals surface area (Å²) < 4.78 is 7.59. The van der Waals surface area contributed by atoms with Gasteiger partial charge in [0.05, 0.1) is 11.6 Å². The maximum atomic E-state index is 12.9. The van der Waals surface area contributed by atoms with E-state index in [1.165, 1.54) is 0 Å². The highest BCUT2D eigenvalue weighted by molar-refractivity contribution is 7.80. The molecule has 170 valence electrons. The molecule has 2 aliphatic heterocycles. The Morgan fingerprint density at radius 1 is 1.34 bits per heavy atom. The zero-order chi connectivity index (χ0) is 22.8. The van der Waals surface area contributed by atoms with E-state index in [0.29, 0.717) is 23.9 Å². The Labute approximate surface area is 194 Å². The van der Waals surface area contributed by atoms with Crippen molar-refractivity contribution < 1.29 is 14.3 Å². The first-order valence-corrected chi connectivity index (χ1v) is 11.7. The largest absolute Gasteiger partial charge is 0.376 e. The van der Waals surface area contributed by atoms with Gasteiger partial charge in [-0.05, 0) is 50.0 Å². The smallest absolute Gasteiger partial charge is 0.276 e. The molecule has 4 rings (SSSR count). The quantitative estimate of drug-likeness (QED) is 0.515. The highest BCUT2D eigenvalue weighted by Crippen LogP contribution is 2.29. The van der Waals surface area contributed by atoms with Crippen LogP contribution in [0.4, 0.5) is 0 Å². The maximum absolute atomic E-state index is 12.9. The van der Waals surface area contributed by atoms with Gasteiger partial charge in [0.2, 0.25) is 5.91 Å². The summed E-state index contributed by atoms with van der Waals surface area (Å²) in [6, 6.07) is 6.14. The second-order valence-electron chi connectivity index (χ2n) is 8.24. The molecule has 2 aromatic rings. The van der Waals surface area contributed by atoms with Crippen molar-refractivity contribution >= 4 is 46.1 Å². The van der Waals surface area contributed by atoms with E-state index in [-0.39, 0.29) is 24.5 Å². The summed E-state index contributed by atoms with van der Waals surface area (Å²) in [5.41, 5.74) is 3.63. The highest BCUT2D eigenvalue weighted by Gasteiger charge is 2.34. The van der Waals surface area contributed by atoms with E-state index in [1.807, 2.05) is 42.9 Å². The summed E-state index contributed by atoms with van der Waals surface area (Å²) in [5.74, 6) is -0.142. The molecular formula is C24H30N4O3S. The van der Waals surface area contributed by atoms with Crippen LogP contribution in [0.25, 0.3) is 17.0 Å². The Morgan fingerprint density at radius 3 is 2.81 bits per heavy atom. The predicted molar refractivity (Wildman–Crippen MR) is 129 cm³/mol. The lowest BCUT2D eigenvalue weighted by atomic mass is 10.1. The van der Waals surface area contributed by atoms with Crippen LogP contribution in [0.3, 0.4) is 0 Å². The van der Waals surface area contributed by atoms with Crippen LogP contribution in [0.1, 0.15) is 37.8 Å². The lowest BCUT2D eigenvalue weighted by Crippen LogP contribution is -2.34. The van der Waals surface area contributed by atoms with E-state index in [1.54, 1.807) is 9.80 Å². The average molecular weight is 455 g/mol. The number of hydrogen-bond acceptors (Lipinski definition) is 4. The normalized spacial score (nSPS) is 20.2. The minimum Gasteiger partial charge on any atom is -0.376 e. The number of nitrogens with zero attached hydrogens (tertiary/aromatic N) is 3. The first kappa shape index (κ1) is 22.5. The third-order valence-electron chi connectivity index (χ3n) is 6.21. The zero-order valence-corrected chi connectivity index (χ0v) is 19.7. The maximum Gasteiger partial charge on any atom is 0.276 e. The Bertz CT molecular complexity index is 1080. The molecule has 0 aliphatic carbocycles. The van der Waals surface area contributed by atoms with Crippen LogP contribution in [0.15, 0.2) is 30.1 Å². The number of amides is 2.